The van der Waals surface area contributed by atoms with E-state index in [1.54, 1.807) is 7.05 Å². The quantitative estimate of drug-likeness (QED) is 0.208. The number of guanidine groups is 1. The van der Waals surface area contributed by atoms with Crippen molar-refractivity contribution in [2.75, 3.05) is 7.05 Å². The van der Waals surface area contributed by atoms with E-state index in [0.717, 1.165) is 6.92 Å². The Morgan fingerprint density at radius 3 is 1.71 bits per heavy atom. The number of amides is 1. The van der Waals surface area contributed by atoms with Crippen LogP contribution < -0.4 is 16.8 Å². The number of nitrogens with two attached hydrogens (primary N) is 2. The molecule has 0 aliphatic rings. The number of rotatable bonds is 1. The Hall–Kier alpha value is -2.05. The minimum Gasteiger partial charge on any atom is -0.481 e. The fraction of sp³-hybridized carbons (Fsp3) is 0.286. The van der Waals surface area contributed by atoms with Crippen molar-refractivity contribution >= 4 is 17.8 Å². The van der Waals surface area contributed by atoms with Crippen molar-refractivity contribution in [3.05, 3.63) is 12.7 Å². The number of aliphatic carboxylic acids is 1. The molecule has 0 aliphatic carbocycles. The molecule has 0 bridgehead atoms. The first-order chi connectivity index (χ1) is 6.27. The second kappa shape index (κ2) is 13.5. The average Bonchev–Trinajstić information content (AvgIpc) is 2.01. The molecule has 0 saturated carbocycles. The van der Waals surface area contributed by atoms with Gasteiger partial charge in [-0.25, -0.2) is 0 Å². The highest BCUT2D eigenvalue weighted by Crippen LogP contribution is 1.56. The van der Waals surface area contributed by atoms with Gasteiger partial charge in [0.2, 0.25) is 5.91 Å². The van der Waals surface area contributed by atoms with E-state index in [4.69, 9.17) is 15.3 Å². The van der Waals surface area contributed by atoms with Crippen LogP contribution in [0.5, 0.6) is 0 Å². The number of carbonyl (C=O) groups excluding carboxylic acids is 1. The highest BCUT2D eigenvalue weighted by atomic mass is 16.4. The Balaban J connectivity index is -0.000000135. The summed E-state index contributed by atoms with van der Waals surface area (Å²) in [5.74, 6) is -1.31. The zero-order valence-electron chi connectivity index (χ0n) is 8.20. The molecule has 0 heterocycles. The van der Waals surface area contributed by atoms with Gasteiger partial charge in [-0.15, -0.1) is 0 Å². The molecule has 0 rings (SSSR count). The standard InChI is InChI=1S/C4H7NO.C2H4O2.CH5N3/c1-3-4(6)5-2;1-2(3)4;2-1(3)4/h3H,1H2,2H3,(H,5,6);1H3,(H,3,4);(H5,2,3,4). The first-order valence-electron chi connectivity index (χ1n) is 3.41. The monoisotopic (exact) mass is 204 g/mol. The second-order valence-corrected chi connectivity index (χ2v) is 1.79. The third-order valence-corrected chi connectivity index (χ3v) is 0.432. The van der Waals surface area contributed by atoms with Crippen LogP contribution in [0.4, 0.5) is 0 Å². The lowest BCUT2D eigenvalue weighted by Gasteiger charge is -1.82. The second-order valence-electron chi connectivity index (χ2n) is 1.79. The molecule has 0 saturated heterocycles. The van der Waals surface area contributed by atoms with Crippen molar-refractivity contribution in [1.29, 1.82) is 5.41 Å². The third kappa shape index (κ3) is 210. The van der Waals surface area contributed by atoms with E-state index >= 15 is 0 Å². The van der Waals surface area contributed by atoms with Crippen LogP contribution in [0.2, 0.25) is 0 Å². The number of hydrogen-bond acceptors (Lipinski definition) is 3. The highest BCUT2D eigenvalue weighted by Gasteiger charge is 1.78. The molecule has 0 unspecified atom stereocenters. The van der Waals surface area contributed by atoms with Gasteiger partial charge in [-0.2, -0.15) is 0 Å². The Kier molecular flexibility index (Phi) is 17.3. The Morgan fingerprint density at radius 1 is 1.50 bits per heavy atom. The lowest BCUT2D eigenvalue weighted by molar-refractivity contribution is -0.134. The van der Waals surface area contributed by atoms with Gasteiger partial charge in [0.15, 0.2) is 5.96 Å². The molecule has 0 aliphatic heterocycles. The number of likely N-dealkylation sites (N-methyl/N-ethyl adjacent to an activating group) is 1. The number of hydrogen-bond donors (Lipinski definition) is 5. The molecule has 14 heavy (non-hydrogen) atoms. The molecule has 0 atom stereocenters. The molecule has 7 heteroatoms. The molecule has 0 fully saturated rings. The van der Waals surface area contributed by atoms with Crippen molar-refractivity contribution in [2.24, 2.45) is 11.5 Å². The van der Waals surface area contributed by atoms with Gasteiger partial charge in [0.05, 0.1) is 0 Å². The summed E-state index contributed by atoms with van der Waals surface area (Å²) in [5.41, 5.74) is 8.94. The molecular weight excluding hydrogens is 188 g/mol. The van der Waals surface area contributed by atoms with Crippen LogP contribution in [0, 0.1) is 5.41 Å². The molecule has 7 nitrogen and oxygen atoms in total. The molecule has 1 amide bonds. The highest BCUT2D eigenvalue weighted by molar-refractivity contribution is 5.86. The summed E-state index contributed by atoms with van der Waals surface area (Å²) in [6, 6.07) is 0. The SMILES string of the molecule is C=CC(=O)NC.CC(=O)O.N=C(N)N. The van der Waals surface area contributed by atoms with Crippen molar-refractivity contribution < 1.29 is 14.7 Å². The Bertz CT molecular complexity index is 183. The van der Waals surface area contributed by atoms with E-state index in [2.05, 4.69) is 23.4 Å². The minimum atomic E-state index is -0.833. The van der Waals surface area contributed by atoms with Gasteiger partial charge in [-0.05, 0) is 6.08 Å². The van der Waals surface area contributed by atoms with Gasteiger partial charge in [-0.1, -0.05) is 6.58 Å². The van der Waals surface area contributed by atoms with Crippen molar-refractivity contribution in [2.45, 2.75) is 6.92 Å². The van der Waals surface area contributed by atoms with Crippen LogP contribution in [0.25, 0.3) is 0 Å². The molecule has 82 valence electrons. The van der Waals surface area contributed by atoms with Gasteiger partial charge >= 0.3 is 0 Å². The summed E-state index contributed by atoms with van der Waals surface area (Å²) in [7, 11) is 1.56. The molecule has 0 aromatic rings. The molecule has 7 N–H and O–H groups in total. The summed E-state index contributed by atoms with van der Waals surface area (Å²) in [5, 5.41) is 15.8. The fourth-order valence-corrected chi connectivity index (χ4v) is 0.102. The first kappa shape index (κ1) is 17.9. The van der Waals surface area contributed by atoms with E-state index in [0.29, 0.717) is 0 Å². The molecule has 0 aromatic carbocycles. The van der Waals surface area contributed by atoms with E-state index in [1.807, 2.05) is 0 Å². The molecule has 0 radical (unpaired) electrons. The smallest absolute Gasteiger partial charge is 0.300 e. The van der Waals surface area contributed by atoms with Crippen LogP contribution in [0.15, 0.2) is 12.7 Å². The van der Waals surface area contributed by atoms with E-state index in [9.17, 15) is 4.79 Å². The molecule has 0 aromatic heterocycles. The predicted octanol–water partition coefficient (Wildman–Crippen LogP) is -1.15. The number of nitrogens with one attached hydrogen (secondary N) is 2. The number of carboxylic acids is 1. The number of carboxylic acid groups (broad SMARTS) is 1. The summed E-state index contributed by atoms with van der Waals surface area (Å²) in [6.45, 7) is 4.30. The summed E-state index contributed by atoms with van der Waals surface area (Å²) < 4.78 is 0. The maximum Gasteiger partial charge on any atom is 0.300 e. The largest absolute Gasteiger partial charge is 0.481 e. The van der Waals surface area contributed by atoms with Gasteiger partial charge in [0.1, 0.15) is 0 Å². The lowest BCUT2D eigenvalue weighted by atomic mass is 10.6. The van der Waals surface area contributed by atoms with Gasteiger partial charge in [0, 0.05) is 14.0 Å². The summed E-state index contributed by atoms with van der Waals surface area (Å²) in [4.78, 5) is 19.0. The van der Waals surface area contributed by atoms with Crippen LogP contribution in [0.3, 0.4) is 0 Å². The zero-order chi connectivity index (χ0) is 12.1. The van der Waals surface area contributed by atoms with Crippen molar-refractivity contribution in [1.82, 2.24) is 5.32 Å². The Labute approximate surface area is 82.3 Å². The summed E-state index contributed by atoms with van der Waals surface area (Å²) >= 11 is 0. The average molecular weight is 204 g/mol. The van der Waals surface area contributed by atoms with Crippen molar-refractivity contribution in [3.63, 3.8) is 0 Å². The van der Waals surface area contributed by atoms with E-state index < -0.39 is 5.97 Å². The molecule has 0 spiro atoms. The van der Waals surface area contributed by atoms with Crippen LogP contribution in [0.1, 0.15) is 6.92 Å². The van der Waals surface area contributed by atoms with E-state index in [1.165, 1.54) is 6.08 Å². The van der Waals surface area contributed by atoms with Gasteiger partial charge in [-0.3, -0.25) is 15.0 Å². The molecular formula is C7H16N4O3. The fourth-order valence-electron chi connectivity index (χ4n) is 0.102. The maximum atomic E-state index is 9.95. The minimum absolute atomic E-state index is 0.144. The van der Waals surface area contributed by atoms with Crippen molar-refractivity contribution in [3.8, 4) is 0 Å². The third-order valence-electron chi connectivity index (χ3n) is 0.432. The number of carbonyl (C=O) groups is 2. The zero-order valence-corrected chi connectivity index (χ0v) is 8.20. The van der Waals surface area contributed by atoms with Crippen LogP contribution in [-0.4, -0.2) is 30.0 Å². The lowest BCUT2D eigenvalue weighted by Crippen LogP contribution is -2.20. The maximum absolute atomic E-state index is 9.95. The Morgan fingerprint density at radius 2 is 1.71 bits per heavy atom. The predicted molar refractivity (Wildman–Crippen MR) is 53.7 cm³/mol. The van der Waals surface area contributed by atoms with Crippen LogP contribution >= 0.6 is 0 Å². The van der Waals surface area contributed by atoms with Gasteiger partial charge < -0.3 is 21.9 Å². The van der Waals surface area contributed by atoms with E-state index in [-0.39, 0.29) is 11.9 Å². The normalized spacial score (nSPS) is 6.43. The first-order valence-corrected chi connectivity index (χ1v) is 3.41. The topological polar surface area (TPSA) is 142 Å². The van der Waals surface area contributed by atoms with Crippen LogP contribution in [-0.2, 0) is 9.59 Å². The summed E-state index contributed by atoms with van der Waals surface area (Å²) in [6.07, 6.45) is 1.22. The van der Waals surface area contributed by atoms with Gasteiger partial charge in [0.25, 0.3) is 5.97 Å².